The van der Waals surface area contributed by atoms with Crippen molar-refractivity contribution in [2.45, 2.75) is 407 Å². The van der Waals surface area contributed by atoms with E-state index < -0.39 is 124 Å². The smallest absolute Gasteiger partial charge is 0.220 e. The third-order valence-electron chi connectivity index (χ3n) is 19.0. The molecule has 0 radical (unpaired) electrons. The Morgan fingerprint density at radius 1 is 0.391 bits per heavy atom. The van der Waals surface area contributed by atoms with Crippen molar-refractivity contribution in [1.82, 2.24) is 5.32 Å². The van der Waals surface area contributed by atoms with Crippen LogP contribution < -0.4 is 5.32 Å². The van der Waals surface area contributed by atoms with Gasteiger partial charge < -0.3 is 89.9 Å². The molecule has 3 aliphatic rings. The zero-order valence-corrected chi connectivity index (χ0v) is 57.5. The van der Waals surface area contributed by atoms with Crippen LogP contribution in [0.5, 0.6) is 0 Å². The highest BCUT2D eigenvalue weighted by atomic mass is 16.8. The van der Waals surface area contributed by atoms with Gasteiger partial charge in [-0.25, -0.2) is 0 Å². The second kappa shape index (κ2) is 55.2. The summed E-state index contributed by atoms with van der Waals surface area (Å²) >= 11 is 0. The largest absolute Gasteiger partial charge is 0.394 e. The molecule has 0 aliphatic carbocycles. The molecule has 0 aromatic rings. The lowest BCUT2D eigenvalue weighted by Crippen LogP contribution is -2.66. The van der Waals surface area contributed by atoms with Gasteiger partial charge in [-0.15, -0.1) is 0 Å². The van der Waals surface area contributed by atoms with E-state index in [1.807, 2.05) is 0 Å². The summed E-state index contributed by atoms with van der Waals surface area (Å²) in [4.78, 5) is 13.5. The second-order valence-electron chi connectivity index (χ2n) is 27.1. The number of unbranched alkanes of at least 4 members (excludes halogenated alkanes) is 39. The van der Waals surface area contributed by atoms with Crippen LogP contribution in [0, 0.1) is 0 Å². The first-order valence-electron chi connectivity index (χ1n) is 37.6. The topological polar surface area (TPSA) is 307 Å². The standard InChI is InChI=1S/C73H137NO18/c1-3-5-7-9-11-13-15-17-19-21-23-25-27-29-30-32-34-36-38-40-42-44-46-48-50-57(78)56(74-61(79)51-49-47-45-43-41-39-37-35-33-31-28-26-24-22-20-18-16-14-12-10-8-6-4-2)55-87-71-67(85)64(82)69(59(53-76)89-71)92-73-68(86)65(83)70(60(54-77)90-73)91-72-66(84)63(81)62(80)58(52-75)88-72/h16,18,22,24,56-60,62-73,75-78,80-86H,3-15,17,19-21,23,25-55H2,1-2H3,(H,74,79)/b18-16-,24-22-. The summed E-state index contributed by atoms with van der Waals surface area (Å²) in [7, 11) is 0. The van der Waals surface area contributed by atoms with Crippen LogP contribution in [0.15, 0.2) is 24.3 Å². The molecule has 12 N–H and O–H groups in total. The van der Waals surface area contributed by atoms with Gasteiger partial charge in [-0.05, 0) is 44.9 Å². The molecule has 19 heteroatoms. The second-order valence-corrected chi connectivity index (χ2v) is 27.1. The Morgan fingerprint density at radius 3 is 1.11 bits per heavy atom. The maximum Gasteiger partial charge on any atom is 0.220 e. The number of aliphatic hydroxyl groups excluding tert-OH is 11. The molecule has 0 spiro atoms. The van der Waals surface area contributed by atoms with Crippen LogP contribution in [-0.2, 0) is 33.2 Å². The van der Waals surface area contributed by atoms with Gasteiger partial charge >= 0.3 is 0 Å². The van der Waals surface area contributed by atoms with Gasteiger partial charge in [-0.3, -0.25) is 4.79 Å². The lowest BCUT2D eigenvalue weighted by molar-refractivity contribution is -0.379. The van der Waals surface area contributed by atoms with Crippen molar-refractivity contribution >= 4 is 5.91 Å². The molecule has 3 saturated heterocycles. The van der Waals surface area contributed by atoms with Gasteiger partial charge in [0.15, 0.2) is 18.9 Å². The molecule has 0 aromatic carbocycles. The van der Waals surface area contributed by atoms with E-state index >= 15 is 0 Å². The highest BCUT2D eigenvalue weighted by Crippen LogP contribution is 2.33. The fourth-order valence-corrected chi connectivity index (χ4v) is 12.9. The molecule has 0 bridgehead atoms. The minimum absolute atomic E-state index is 0.241. The summed E-state index contributed by atoms with van der Waals surface area (Å²) in [5.74, 6) is -0.241. The van der Waals surface area contributed by atoms with E-state index in [-0.39, 0.29) is 18.9 Å². The van der Waals surface area contributed by atoms with Crippen LogP contribution in [0.1, 0.15) is 303 Å². The number of ether oxygens (including phenoxy) is 6. The summed E-state index contributed by atoms with van der Waals surface area (Å²) in [6, 6.07) is -0.888. The van der Waals surface area contributed by atoms with Gasteiger partial charge in [0, 0.05) is 6.42 Å². The zero-order chi connectivity index (χ0) is 66.8. The van der Waals surface area contributed by atoms with Crippen molar-refractivity contribution in [1.29, 1.82) is 0 Å². The molecule has 3 aliphatic heterocycles. The third kappa shape index (κ3) is 36.2. The lowest BCUT2D eigenvalue weighted by atomic mass is 9.96. The van der Waals surface area contributed by atoms with Crippen molar-refractivity contribution in [2.24, 2.45) is 0 Å². The first-order chi connectivity index (χ1) is 44.8. The molecular weight excluding hydrogens is 1180 g/mol. The van der Waals surface area contributed by atoms with Crippen LogP contribution in [0.4, 0.5) is 0 Å². The number of amides is 1. The molecule has 3 heterocycles. The molecule has 542 valence electrons. The molecular formula is C73H137NO18. The van der Waals surface area contributed by atoms with Gasteiger partial charge in [0.05, 0.1) is 38.6 Å². The zero-order valence-electron chi connectivity index (χ0n) is 57.5. The Kier molecular flexibility index (Phi) is 50.7. The van der Waals surface area contributed by atoms with Gasteiger partial charge in [0.2, 0.25) is 5.91 Å². The fourth-order valence-electron chi connectivity index (χ4n) is 12.9. The summed E-state index contributed by atoms with van der Waals surface area (Å²) in [5, 5.41) is 121. The maximum absolute atomic E-state index is 13.5. The van der Waals surface area contributed by atoms with Crippen LogP contribution in [0.3, 0.4) is 0 Å². The predicted octanol–water partition coefficient (Wildman–Crippen LogP) is 11.0. The SMILES string of the molecule is CCCCCCC/C=C\C/C=C\CCCCCCCCCCCCCC(=O)NC(COC1OC(CO)C(OC2OC(CO)C(OC3OC(CO)C(O)C(O)C3O)C(O)C2O)C(O)C1O)C(O)CCCCCCCCCCCCCCCCCCCCCCCCCC. The number of hydrogen-bond acceptors (Lipinski definition) is 18. The van der Waals surface area contributed by atoms with Crippen LogP contribution in [-0.4, -0.2) is 193 Å². The minimum atomic E-state index is -1.97. The molecule has 17 unspecified atom stereocenters. The summed E-state index contributed by atoms with van der Waals surface area (Å²) in [5.41, 5.74) is 0. The predicted molar refractivity (Wildman–Crippen MR) is 360 cm³/mol. The Morgan fingerprint density at radius 2 is 0.717 bits per heavy atom. The first kappa shape index (κ1) is 84.5. The van der Waals surface area contributed by atoms with E-state index in [0.29, 0.717) is 12.8 Å². The highest BCUT2D eigenvalue weighted by Gasteiger charge is 2.53. The molecule has 3 fully saturated rings. The average molecular weight is 1320 g/mol. The molecule has 3 rings (SSSR count). The van der Waals surface area contributed by atoms with E-state index in [2.05, 4.69) is 43.5 Å². The van der Waals surface area contributed by atoms with E-state index in [4.69, 9.17) is 28.4 Å². The Labute approximate surface area is 556 Å². The van der Waals surface area contributed by atoms with E-state index in [0.717, 1.165) is 57.8 Å². The number of aliphatic hydroxyl groups is 11. The van der Waals surface area contributed by atoms with Crippen molar-refractivity contribution in [3.63, 3.8) is 0 Å². The van der Waals surface area contributed by atoms with E-state index in [1.54, 1.807) is 0 Å². The first-order valence-corrected chi connectivity index (χ1v) is 37.6. The van der Waals surface area contributed by atoms with Crippen LogP contribution >= 0.6 is 0 Å². The Balaban J connectivity index is 1.41. The van der Waals surface area contributed by atoms with Gasteiger partial charge in [0.1, 0.15) is 73.2 Å². The lowest BCUT2D eigenvalue weighted by Gasteiger charge is -2.48. The molecule has 19 nitrogen and oxygen atoms in total. The summed E-state index contributed by atoms with van der Waals surface area (Å²) < 4.78 is 34.5. The Bertz CT molecular complexity index is 1760. The van der Waals surface area contributed by atoms with Crippen molar-refractivity contribution < 1.29 is 89.4 Å². The van der Waals surface area contributed by atoms with Gasteiger partial charge in [0.25, 0.3) is 0 Å². The van der Waals surface area contributed by atoms with Crippen molar-refractivity contribution in [3.05, 3.63) is 24.3 Å². The maximum atomic E-state index is 13.5. The van der Waals surface area contributed by atoms with Crippen molar-refractivity contribution in [2.75, 3.05) is 26.4 Å². The van der Waals surface area contributed by atoms with Crippen LogP contribution in [0.2, 0.25) is 0 Å². The van der Waals surface area contributed by atoms with E-state index in [1.165, 1.54) is 212 Å². The average Bonchev–Trinajstić information content (AvgIpc) is 0.838. The van der Waals surface area contributed by atoms with E-state index in [9.17, 15) is 61.0 Å². The monoisotopic (exact) mass is 1320 g/mol. The number of rotatable bonds is 59. The number of carbonyl (C=O) groups excluding carboxylic acids is 1. The highest BCUT2D eigenvalue weighted by molar-refractivity contribution is 5.76. The fraction of sp³-hybridized carbons (Fsp3) is 0.932. The number of nitrogens with one attached hydrogen (secondary N) is 1. The molecule has 0 saturated carbocycles. The van der Waals surface area contributed by atoms with Gasteiger partial charge in [-0.2, -0.15) is 0 Å². The van der Waals surface area contributed by atoms with Crippen LogP contribution in [0.25, 0.3) is 0 Å². The van der Waals surface area contributed by atoms with Gasteiger partial charge in [-0.1, -0.05) is 276 Å². The molecule has 17 atom stereocenters. The molecule has 1 amide bonds. The number of hydrogen-bond donors (Lipinski definition) is 12. The Hall–Kier alpha value is -1.73. The number of carbonyl (C=O) groups is 1. The third-order valence-corrected chi connectivity index (χ3v) is 19.0. The summed E-state index contributed by atoms with van der Waals surface area (Å²) in [6.45, 7) is 1.83. The minimum Gasteiger partial charge on any atom is -0.394 e. The normalized spacial score (nSPS) is 27.8. The molecule has 92 heavy (non-hydrogen) atoms. The van der Waals surface area contributed by atoms with Crippen molar-refractivity contribution in [3.8, 4) is 0 Å². The quantitative estimate of drug-likeness (QED) is 0.0199. The summed E-state index contributed by atoms with van der Waals surface area (Å²) in [6.07, 6.45) is 36.8. The number of allylic oxidation sites excluding steroid dienone is 4. The molecule has 0 aromatic heterocycles.